The second-order valence-electron chi connectivity index (χ2n) is 5.27. The lowest BCUT2D eigenvalue weighted by atomic mass is 9.88. The molecule has 3 heteroatoms. The van der Waals surface area contributed by atoms with Crippen LogP contribution in [0.4, 0.5) is 4.39 Å². The summed E-state index contributed by atoms with van der Waals surface area (Å²) in [5, 5.41) is 4.04. The third kappa shape index (κ3) is 2.86. The molecule has 1 aromatic rings. The Balaban J connectivity index is 2.10. The summed E-state index contributed by atoms with van der Waals surface area (Å²) < 4.78 is 13.9. The van der Waals surface area contributed by atoms with Gasteiger partial charge in [-0.05, 0) is 55.3 Å². The van der Waals surface area contributed by atoms with Crippen molar-refractivity contribution in [1.29, 1.82) is 0 Å². The molecular formula is C15H21ClFN. The zero-order valence-electron chi connectivity index (χ0n) is 11.0. The molecular weight excluding hydrogens is 249 g/mol. The fraction of sp³-hybridized carbons (Fsp3) is 0.600. The average Bonchev–Trinajstić information content (AvgIpc) is 2.68. The molecule has 1 aromatic carbocycles. The topological polar surface area (TPSA) is 12.0 Å². The highest BCUT2D eigenvalue weighted by atomic mass is 35.5. The van der Waals surface area contributed by atoms with E-state index in [1.54, 1.807) is 6.07 Å². The number of hydrogen-bond donors (Lipinski definition) is 1. The average molecular weight is 270 g/mol. The van der Waals surface area contributed by atoms with Crippen molar-refractivity contribution in [2.45, 2.75) is 45.1 Å². The van der Waals surface area contributed by atoms with Crippen LogP contribution in [0.3, 0.4) is 0 Å². The van der Waals surface area contributed by atoms with Gasteiger partial charge in [-0.1, -0.05) is 31.5 Å². The van der Waals surface area contributed by atoms with E-state index in [1.807, 2.05) is 6.07 Å². The van der Waals surface area contributed by atoms with Gasteiger partial charge in [-0.15, -0.1) is 0 Å². The molecule has 1 fully saturated rings. The monoisotopic (exact) mass is 269 g/mol. The lowest BCUT2D eigenvalue weighted by Gasteiger charge is -2.22. The van der Waals surface area contributed by atoms with E-state index in [2.05, 4.69) is 19.2 Å². The van der Waals surface area contributed by atoms with E-state index in [0.29, 0.717) is 22.9 Å². The molecule has 0 heterocycles. The molecule has 1 nitrogen and oxygen atoms in total. The standard InChI is InChI=1S/C15H21ClFN/c1-3-8-18-15-7-6-12(10(15)2)13-5-4-11(16)9-14(13)17/h4-5,9-10,12,15,18H,3,6-8H2,1-2H3. The Morgan fingerprint density at radius 3 is 2.83 bits per heavy atom. The first-order chi connectivity index (χ1) is 8.63. The lowest BCUT2D eigenvalue weighted by molar-refractivity contribution is 0.399. The van der Waals surface area contributed by atoms with Crippen LogP contribution >= 0.6 is 11.6 Å². The summed E-state index contributed by atoms with van der Waals surface area (Å²) in [6.45, 7) is 5.44. The molecule has 0 amide bonds. The van der Waals surface area contributed by atoms with Gasteiger partial charge in [0.15, 0.2) is 0 Å². The third-order valence-electron chi connectivity index (χ3n) is 4.08. The highest BCUT2D eigenvalue weighted by Crippen LogP contribution is 2.40. The molecule has 0 spiro atoms. The first kappa shape index (κ1) is 13.8. The number of nitrogens with one attached hydrogen (secondary N) is 1. The minimum Gasteiger partial charge on any atom is -0.314 e. The molecule has 3 unspecified atom stereocenters. The third-order valence-corrected chi connectivity index (χ3v) is 4.31. The number of benzene rings is 1. The summed E-state index contributed by atoms with van der Waals surface area (Å²) in [6, 6.07) is 5.58. The Morgan fingerprint density at radius 1 is 1.39 bits per heavy atom. The van der Waals surface area contributed by atoms with Crippen LogP contribution in [-0.2, 0) is 0 Å². The Labute approximate surface area is 114 Å². The summed E-state index contributed by atoms with van der Waals surface area (Å²) in [7, 11) is 0. The fourth-order valence-corrected chi connectivity index (χ4v) is 3.18. The fourth-order valence-electron chi connectivity index (χ4n) is 3.02. The van der Waals surface area contributed by atoms with Crippen molar-refractivity contribution in [2.75, 3.05) is 6.54 Å². The van der Waals surface area contributed by atoms with E-state index in [1.165, 1.54) is 6.07 Å². The number of hydrogen-bond acceptors (Lipinski definition) is 1. The molecule has 0 bridgehead atoms. The lowest BCUT2D eigenvalue weighted by Crippen LogP contribution is -2.32. The van der Waals surface area contributed by atoms with Gasteiger partial charge >= 0.3 is 0 Å². The van der Waals surface area contributed by atoms with Crippen LogP contribution in [0.2, 0.25) is 5.02 Å². The first-order valence-corrected chi connectivity index (χ1v) is 7.19. The minimum atomic E-state index is -0.157. The maximum absolute atomic E-state index is 13.9. The number of halogens is 2. The van der Waals surface area contributed by atoms with Gasteiger partial charge in [-0.25, -0.2) is 4.39 Å². The van der Waals surface area contributed by atoms with Gasteiger partial charge in [0, 0.05) is 11.1 Å². The van der Waals surface area contributed by atoms with Gasteiger partial charge in [-0.2, -0.15) is 0 Å². The second kappa shape index (κ2) is 6.03. The molecule has 3 atom stereocenters. The van der Waals surface area contributed by atoms with Gasteiger partial charge in [0.1, 0.15) is 5.82 Å². The largest absolute Gasteiger partial charge is 0.314 e. The highest BCUT2D eigenvalue weighted by molar-refractivity contribution is 6.30. The molecule has 1 aliphatic rings. The molecule has 0 aromatic heterocycles. The van der Waals surface area contributed by atoms with Crippen molar-refractivity contribution in [3.05, 3.63) is 34.6 Å². The molecule has 1 saturated carbocycles. The molecule has 0 saturated heterocycles. The number of rotatable bonds is 4. The zero-order valence-corrected chi connectivity index (χ0v) is 11.8. The van der Waals surface area contributed by atoms with Crippen molar-refractivity contribution in [3.63, 3.8) is 0 Å². The molecule has 18 heavy (non-hydrogen) atoms. The van der Waals surface area contributed by atoms with Crippen molar-refractivity contribution in [3.8, 4) is 0 Å². The van der Waals surface area contributed by atoms with Crippen LogP contribution in [0.25, 0.3) is 0 Å². The zero-order chi connectivity index (χ0) is 13.1. The van der Waals surface area contributed by atoms with Gasteiger partial charge < -0.3 is 5.32 Å². The van der Waals surface area contributed by atoms with Crippen LogP contribution in [0.5, 0.6) is 0 Å². The maximum Gasteiger partial charge on any atom is 0.128 e. The molecule has 1 N–H and O–H groups in total. The normalized spacial score (nSPS) is 27.7. The molecule has 2 rings (SSSR count). The van der Waals surface area contributed by atoms with Gasteiger partial charge in [0.2, 0.25) is 0 Å². The van der Waals surface area contributed by atoms with Crippen LogP contribution < -0.4 is 5.32 Å². The maximum atomic E-state index is 13.9. The predicted octanol–water partition coefficient (Wildman–Crippen LogP) is 4.36. The summed E-state index contributed by atoms with van der Waals surface area (Å²) in [5.74, 6) is 0.638. The molecule has 1 aliphatic carbocycles. The molecule has 100 valence electrons. The van der Waals surface area contributed by atoms with Crippen LogP contribution in [0, 0.1) is 11.7 Å². The van der Waals surface area contributed by atoms with Crippen molar-refractivity contribution >= 4 is 11.6 Å². The second-order valence-corrected chi connectivity index (χ2v) is 5.71. The van der Waals surface area contributed by atoms with Crippen molar-refractivity contribution in [1.82, 2.24) is 5.32 Å². The van der Waals surface area contributed by atoms with Crippen molar-refractivity contribution < 1.29 is 4.39 Å². The summed E-state index contributed by atoms with van der Waals surface area (Å²) in [5.41, 5.74) is 0.827. The van der Waals surface area contributed by atoms with E-state index in [9.17, 15) is 4.39 Å². The Kier molecular flexibility index (Phi) is 4.63. The first-order valence-electron chi connectivity index (χ1n) is 6.81. The van der Waals surface area contributed by atoms with Crippen LogP contribution in [0.15, 0.2) is 18.2 Å². The van der Waals surface area contributed by atoms with Crippen LogP contribution in [0.1, 0.15) is 44.6 Å². The summed E-state index contributed by atoms with van der Waals surface area (Å²) >= 11 is 5.80. The summed E-state index contributed by atoms with van der Waals surface area (Å²) in [4.78, 5) is 0. The van der Waals surface area contributed by atoms with Crippen LogP contribution in [-0.4, -0.2) is 12.6 Å². The van der Waals surface area contributed by atoms with Gasteiger partial charge in [-0.3, -0.25) is 0 Å². The predicted molar refractivity (Wildman–Crippen MR) is 74.6 cm³/mol. The van der Waals surface area contributed by atoms with E-state index < -0.39 is 0 Å². The smallest absolute Gasteiger partial charge is 0.128 e. The Hall–Kier alpha value is -0.600. The molecule has 0 aliphatic heterocycles. The highest BCUT2D eigenvalue weighted by Gasteiger charge is 2.34. The van der Waals surface area contributed by atoms with E-state index in [4.69, 9.17) is 11.6 Å². The van der Waals surface area contributed by atoms with E-state index in [-0.39, 0.29) is 5.82 Å². The Morgan fingerprint density at radius 2 is 2.17 bits per heavy atom. The van der Waals surface area contributed by atoms with E-state index >= 15 is 0 Å². The van der Waals surface area contributed by atoms with Gasteiger partial charge in [0.25, 0.3) is 0 Å². The Bertz CT molecular complexity index is 407. The van der Waals surface area contributed by atoms with Crippen molar-refractivity contribution in [2.24, 2.45) is 5.92 Å². The van der Waals surface area contributed by atoms with Gasteiger partial charge in [0.05, 0.1) is 0 Å². The SMILES string of the molecule is CCCNC1CCC(c2ccc(Cl)cc2F)C1C. The minimum absolute atomic E-state index is 0.157. The van der Waals surface area contributed by atoms with E-state index in [0.717, 1.165) is 31.4 Å². The molecule has 0 radical (unpaired) electrons. The summed E-state index contributed by atoms with van der Waals surface area (Å²) in [6.07, 6.45) is 3.33. The quantitative estimate of drug-likeness (QED) is 0.856.